The Morgan fingerprint density at radius 1 is 1.52 bits per heavy atom. The quantitative estimate of drug-likeness (QED) is 0.476. The van der Waals surface area contributed by atoms with E-state index in [0.717, 1.165) is 0 Å². The molecule has 3 unspecified atom stereocenters. The van der Waals surface area contributed by atoms with Crippen molar-refractivity contribution >= 4 is 16.9 Å². The average molecular weight is 322 g/mol. The van der Waals surface area contributed by atoms with Gasteiger partial charge in [-0.25, -0.2) is 15.5 Å². The summed E-state index contributed by atoms with van der Waals surface area (Å²) in [6, 6.07) is 0. The number of aliphatic hydroxyl groups is 3. The molecule has 10 nitrogen and oxygen atoms in total. The fourth-order valence-electron chi connectivity index (χ4n) is 2.96. The number of rotatable bonds is 4. The van der Waals surface area contributed by atoms with Crippen molar-refractivity contribution in [2.75, 3.05) is 12.3 Å². The van der Waals surface area contributed by atoms with Gasteiger partial charge in [0.2, 0.25) is 0 Å². The summed E-state index contributed by atoms with van der Waals surface area (Å²) in [6.07, 6.45) is -0.279. The number of aliphatic hydroxyl groups excluding tert-OH is 2. The molecule has 1 aliphatic rings. The molecule has 1 saturated heterocycles. The molecule has 0 amide bonds. The van der Waals surface area contributed by atoms with Gasteiger partial charge in [-0.15, -0.1) is 0 Å². The molecule has 0 saturated carbocycles. The minimum atomic E-state index is -1.64. The number of hydrogen-bond donors (Lipinski definition) is 5. The molecular weight excluding hydrogens is 304 g/mol. The third kappa shape index (κ3) is 2.27. The Hall–Kier alpha value is -2.14. The molecule has 3 rings (SSSR count). The van der Waals surface area contributed by atoms with Crippen LogP contribution in [0.2, 0.25) is 0 Å². The third-order valence-corrected chi connectivity index (χ3v) is 4.15. The number of nitrogens with zero attached hydrogens (tertiary/aromatic N) is 4. The van der Waals surface area contributed by atoms with E-state index in [2.05, 4.69) is 15.1 Å². The zero-order valence-corrected chi connectivity index (χ0v) is 12.4. The molecule has 2 aromatic rings. The van der Waals surface area contributed by atoms with E-state index < -0.39 is 30.6 Å². The molecule has 2 aromatic heterocycles. The molecule has 0 aliphatic carbocycles. The van der Waals surface area contributed by atoms with Crippen molar-refractivity contribution in [1.82, 2.24) is 14.5 Å². The van der Waals surface area contributed by atoms with Crippen molar-refractivity contribution < 1.29 is 20.1 Å². The van der Waals surface area contributed by atoms with Crippen molar-refractivity contribution in [3.8, 4) is 0 Å². The van der Waals surface area contributed by atoms with Crippen LogP contribution in [0.3, 0.4) is 0 Å². The molecule has 4 atom stereocenters. The first-order chi connectivity index (χ1) is 10.9. The van der Waals surface area contributed by atoms with E-state index >= 15 is 0 Å². The summed E-state index contributed by atoms with van der Waals surface area (Å²) in [7, 11) is 0. The van der Waals surface area contributed by atoms with Crippen LogP contribution in [0.25, 0.3) is 11.0 Å². The van der Waals surface area contributed by atoms with E-state index in [1.807, 2.05) is 0 Å². The molecule has 10 heteroatoms. The van der Waals surface area contributed by atoms with E-state index in [0.29, 0.717) is 16.6 Å². The van der Waals surface area contributed by atoms with E-state index in [1.165, 1.54) is 17.8 Å². The molecular formula is C13H18N6O4. The van der Waals surface area contributed by atoms with Gasteiger partial charge in [0.15, 0.2) is 6.23 Å². The van der Waals surface area contributed by atoms with Crippen LogP contribution >= 0.6 is 0 Å². The Balaban J connectivity index is 2.17. The molecule has 0 bridgehead atoms. The minimum Gasteiger partial charge on any atom is -0.394 e. The van der Waals surface area contributed by atoms with Crippen LogP contribution in [0.4, 0.5) is 5.82 Å². The smallest absolute Gasteiger partial charge is 0.167 e. The van der Waals surface area contributed by atoms with Gasteiger partial charge in [-0.05, 0) is 6.92 Å². The normalized spacial score (nSPS) is 30.9. The molecule has 124 valence electrons. The second-order valence-electron chi connectivity index (χ2n) is 5.72. The summed E-state index contributed by atoms with van der Waals surface area (Å²) in [5.74, 6) is 0.226. The molecule has 1 aliphatic heterocycles. The first kappa shape index (κ1) is 15.7. The first-order valence-corrected chi connectivity index (χ1v) is 7.01. The van der Waals surface area contributed by atoms with Crippen molar-refractivity contribution in [2.45, 2.75) is 37.5 Å². The predicted molar refractivity (Wildman–Crippen MR) is 78.4 cm³/mol. The van der Waals surface area contributed by atoms with Crippen LogP contribution in [0, 0.1) is 5.53 Å². The van der Waals surface area contributed by atoms with Crippen LogP contribution in [-0.2, 0) is 11.3 Å². The molecule has 6 N–H and O–H groups in total. The highest BCUT2D eigenvalue weighted by Gasteiger charge is 2.53. The van der Waals surface area contributed by atoms with Gasteiger partial charge < -0.3 is 30.4 Å². The van der Waals surface area contributed by atoms with Gasteiger partial charge in [-0.3, -0.25) is 0 Å². The highest BCUT2D eigenvalue weighted by Crippen LogP contribution is 2.40. The van der Waals surface area contributed by atoms with Gasteiger partial charge in [-0.2, -0.15) is 5.11 Å². The topological polar surface area (TPSA) is 163 Å². The summed E-state index contributed by atoms with van der Waals surface area (Å²) >= 11 is 0. The van der Waals surface area contributed by atoms with Gasteiger partial charge in [0, 0.05) is 11.8 Å². The largest absolute Gasteiger partial charge is 0.394 e. The molecule has 0 aromatic carbocycles. The standard InChI is InChI=1S/C13H18N6O4/c1-13(22)9(21)7(4-20)23-12(13)19-3-6(2-18-15)8-10(14)16-5-17-11(8)19/h3,5,7,9,12,15,20-22H,2,4H2,1H3,(H2,14,16,17)/t7?,9?,12?,13-/m1/s1. The summed E-state index contributed by atoms with van der Waals surface area (Å²) in [5.41, 5.74) is 12.3. The zero-order valence-electron chi connectivity index (χ0n) is 12.4. The summed E-state index contributed by atoms with van der Waals surface area (Å²) in [4.78, 5) is 8.10. The van der Waals surface area contributed by atoms with Crippen molar-refractivity contribution in [3.05, 3.63) is 18.1 Å². The number of nitrogen functional groups attached to an aromatic ring is 1. The maximum atomic E-state index is 10.6. The van der Waals surface area contributed by atoms with Gasteiger partial charge in [0.25, 0.3) is 0 Å². The number of anilines is 1. The Bertz CT molecular complexity index is 745. The number of hydrogen-bond acceptors (Lipinski definition) is 9. The van der Waals surface area contributed by atoms with Gasteiger partial charge >= 0.3 is 0 Å². The Labute approximate surface area is 131 Å². The highest BCUT2D eigenvalue weighted by molar-refractivity contribution is 5.89. The lowest BCUT2D eigenvalue weighted by Crippen LogP contribution is -2.44. The first-order valence-electron chi connectivity index (χ1n) is 7.01. The summed E-state index contributed by atoms with van der Waals surface area (Å²) < 4.78 is 7.12. The summed E-state index contributed by atoms with van der Waals surface area (Å²) in [6.45, 7) is 1.06. The van der Waals surface area contributed by atoms with Gasteiger partial charge in [0.1, 0.15) is 35.6 Å². The SMILES string of the molecule is C[C@@]1(O)C(O)C(CO)OC1n1cc(CN=N)c2c(N)ncnc21. The fourth-order valence-corrected chi connectivity index (χ4v) is 2.96. The van der Waals surface area contributed by atoms with Crippen LogP contribution in [0.1, 0.15) is 18.7 Å². The Morgan fingerprint density at radius 2 is 2.26 bits per heavy atom. The number of nitrogens with one attached hydrogen (secondary N) is 1. The fraction of sp³-hybridized carbons (Fsp3) is 0.538. The summed E-state index contributed by atoms with van der Waals surface area (Å²) in [5, 5.41) is 33.9. The van der Waals surface area contributed by atoms with E-state index in [-0.39, 0.29) is 12.4 Å². The Kier molecular flexibility index (Phi) is 3.76. The number of nitrogens with two attached hydrogens (primary N) is 1. The minimum absolute atomic E-state index is 0.0713. The zero-order chi connectivity index (χ0) is 16.8. The number of aromatic nitrogens is 3. The van der Waals surface area contributed by atoms with E-state index in [1.54, 1.807) is 6.20 Å². The lowest BCUT2D eigenvalue weighted by Gasteiger charge is -2.27. The molecule has 23 heavy (non-hydrogen) atoms. The highest BCUT2D eigenvalue weighted by atomic mass is 16.6. The average Bonchev–Trinajstić information content (AvgIpc) is 2.97. The van der Waals surface area contributed by atoms with E-state index in [9.17, 15) is 15.3 Å². The van der Waals surface area contributed by atoms with Crippen LogP contribution in [0.5, 0.6) is 0 Å². The lowest BCUT2D eigenvalue weighted by molar-refractivity contribution is -0.0948. The maximum Gasteiger partial charge on any atom is 0.167 e. The van der Waals surface area contributed by atoms with Crippen LogP contribution < -0.4 is 5.73 Å². The van der Waals surface area contributed by atoms with Crippen molar-refractivity contribution in [3.63, 3.8) is 0 Å². The number of ether oxygens (including phenoxy) is 1. The second kappa shape index (κ2) is 5.49. The number of fused-ring (bicyclic) bond motifs is 1. The van der Waals surface area contributed by atoms with E-state index in [4.69, 9.17) is 16.0 Å². The predicted octanol–water partition coefficient (Wildman–Crippen LogP) is -0.454. The van der Waals surface area contributed by atoms with Crippen molar-refractivity contribution in [2.24, 2.45) is 5.11 Å². The molecule has 0 spiro atoms. The van der Waals surface area contributed by atoms with Crippen molar-refractivity contribution in [1.29, 1.82) is 5.53 Å². The van der Waals surface area contributed by atoms with Gasteiger partial charge in [-0.1, -0.05) is 0 Å². The second-order valence-corrected chi connectivity index (χ2v) is 5.72. The van der Waals surface area contributed by atoms with Crippen LogP contribution in [0.15, 0.2) is 17.6 Å². The molecule has 0 radical (unpaired) electrons. The molecule has 1 fully saturated rings. The Morgan fingerprint density at radius 3 is 2.87 bits per heavy atom. The van der Waals surface area contributed by atoms with Gasteiger partial charge in [0.05, 0.1) is 18.5 Å². The monoisotopic (exact) mass is 322 g/mol. The third-order valence-electron chi connectivity index (χ3n) is 4.15. The van der Waals surface area contributed by atoms with Crippen LogP contribution in [-0.4, -0.2) is 54.3 Å². The lowest BCUT2D eigenvalue weighted by atomic mass is 9.96. The maximum absolute atomic E-state index is 10.6. The molecule has 3 heterocycles.